The Hall–Kier alpha value is -1.35. The maximum absolute atomic E-state index is 12.6. The maximum atomic E-state index is 12.6. The molecule has 1 atom stereocenters. The van der Waals surface area contributed by atoms with E-state index in [2.05, 4.69) is 25.2 Å². The summed E-state index contributed by atoms with van der Waals surface area (Å²) in [5.41, 5.74) is 1.82. The van der Waals surface area contributed by atoms with E-state index in [0.29, 0.717) is 22.5 Å². The standard InChI is InChI=1S/C21H28N2O3S3/c1-4-16(3)27-17-7-9-19(15(2)13-17)22-20(24)14-18-8-10-21(28-18)29(25,26)23-11-5-6-12-23/h7-10,13,16H,4-6,11-12,14H2,1-3H3,(H,22,24). The predicted octanol–water partition coefficient (Wildman–Crippen LogP) is 4.91. The third kappa shape index (κ3) is 5.63. The van der Waals surface area contributed by atoms with E-state index in [1.54, 1.807) is 12.1 Å². The van der Waals surface area contributed by atoms with Crippen LogP contribution in [0.2, 0.25) is 0 Å². The van der Waals surface area contributed by atoms with Crippen molar-refractivity contribution < 1.29 is 13.2 Å². The third-order valence-electron chi connectivity index (χ3n) is 5.02. The number of thiophene rings is 1. The highest BCUT2D eigenvalue weighted by Crippen LogP contribution is 2.30. The van der Waals surface area contributed by atoms with E-state index in [4.69, 9.17) is 0 Å². The molecule has 1 saturated heterocycles. The molecule has 158 valence electrons. The van der Waals surface area contributed by atoms with Crippen LogP contribution in [0.5, 0.6) is 0 Å². The summed E-state index contributed by atoms with van der Waals surface area (Å²) in [6.07, 6.45) is 3.10. The van der Waals surface area contributed by atoms with Crippen molar-refractivity contribution in [2.24, 2.45) is 0 Å². The first-order valence-electron chi connectivity index (χ1n) is 9.95. The number of benzene rings is 1. The number of hydrogen-bond donors (Lipinski definition) is 1. The van der Waals surface area contributed by atoms with Gasteiger partial charge in [0.25, 0.3) is 10.0 Å². The molecule has 1 aromatic carbocycles. The molecule has 1 aliphatic heterocycles. The number of carbonyl (C=O) groups is 1. The number of hydrogen-bond acceptors (Lipinski definition) is 5. The highest BCUT2D eigenvalue weighted by atomic mass is 32.2. The molecule has 0 spiro atoms. The first-order valence-corrected chi connectivity index (χ1v) is 13.1. The van der Waals surface area contributed by atoms with Crippen LogP contribution in [0.25, 0.3) is 0 Å². The average molecular weight is 453 g/mol. The van der Waals surface area contributed by atoms with Gasteiger partial charge in [0.2, 0.25) is 5.91 Å². The topological polar surface area (TPSA) is 66.5 Å². The molecule has 1 unspecified atom stereocenters. The molecule has 1 N–H and O–H groups in total. The molecular weight excluding hydrogens is 424 g/mol. The van der Waals surface area contributed by atoms with Gasteiger partial charge in [-0.05, 0) is 62.1 Å². The molecule has 1 amide bonds. The fourth-order valence-electron chi connectivity index (χ4n) is 3.17. The molecule has 8 heteroatoms. The minimum Gasteiger partial charge on any atom is -0.326 e. The van der Waals surface area contributed by atoms with Crippen LogP contribution in [0.1, 0.15) is 43.6 Å². The Labute approximate surface area is 181 Å². The zero-order valence-electron chi connectivity index (χ0n) is 17.1. The van der Waals surface area contributed by atoms with E-state index in [1.165, 1.54) is 20.5 Å². The van der Waals surface area contributed by atoms with Crippen LogP contribution in [-0.2, 0) is 21.2 Å². The van der Waals surface area contributed by atoms with Crippen LogP contribution in [0.15, 0.2) is 39.4 Å². The number of rotatable bonds is 8. The van der Waals surface area contributed by atoms with Gasteiger partial charge in [-0.1, -0.05) is 13.8 Å². The summed E-state index contributed by atoms with van der Waals surface area (Å²) in [4.78, 5) is 14.4. The van der Waals surface area contributed by atoms with Crippen molar-refractivity contribution in [2.75, 3.05) is 18.4 Å². The summed E-state index contributed by atoms with van der Waals surface area (Å²) in [6, 6.07) is 9.43. The van der Waals surface area contributed by atoms with Crippen molar-refractivity contribution in [1.82, 2.24) is 4.31 Å². The van der Waals surface area contributed by atoms with E-state index in [1.807, 2.05) is 30.8 Å². The Morgan fingerprint density at radius 1 is 1.24 bits per heavy atom. The molecule has 0 bridgehead atoms. The van der Waals surface area contributed by atoms with E-state index >= 15 is 0 Å². The van der Waals surface area contributed by atoms with Crippen molar-refractivity contribution in [2.45, 2.75) is 60.8 Å². The maximum Gasteiger partial charge on any atom is 0.252 e. The number of sulfonamides is 1. The first-order chi connectivity index (χ1) is 13.8. The number of thioether (sulfide) groups is 1. The second-order valence-electron chi connectivity index (χ2n) is 7.37. The highest BCUT2D eigenvalue weighted by Gasteiger charge is 2.28. The fourth-order valence-corrected chi connectivity index (χ4v) is 7.21. The molecule has 0 radical (unpaired) electrons. The van der Waals surface area contributed by atoms with Gasteiger partial charge in [0.1, 0.15) is 4.21 Å². The molecule has 2 aromatic rings. The number of aryl methyl sites for hydroxylation is 1. The molecule has 0 aliphatic carbocycles. The van der Waals surface area contributed by atoms with Gasteiger partial charge in [0.15, 0.2) is 0 Å². The molecule has 1 aromatic heterocycles. The highest BCUT2D eigenvalue weighted by molar-refractivity contribution is 8.00. The Morgan fingerprint density at radius 3 is 2.62 bits per heavy atom. The van der Waals surface area contributed by atoms with Gasteiger partial charge >= 0.3 is 0 Å². The van der Waals surface area contributed by atoms with Crippen molar-refractivity contribution in [1.29, 1.82) is 0 Å². The van der Waals surface area contributed by atoms with E-state index < -0.39 is 10.0 Å². The van der Waals surface area contributed by atoms with Crippen LogP contribution < -0.4 is 5.32 Å². The molecule has 3 rings (SSSR count). The number of nitrogens with zero attached hydrogens (tertiary/aromatic N) is 1. The van der Waals surface area contributed by atoms with E-state index in [9.17, 15) is 13.2 Å². The SMILES string of the molecule is CCC(C)Sc1ccc(NC(=O)Cc2ccc(S(=O)(=O)N3CCCC3)s2)c(C)c1. The van der Waals surface area contributed by atoms with Crippen LogP contribution >= 0.6 is 23.1 Å². The first kappa shape index (κ1) is 22.3. The lowest BCUT2D eigenvalue weighted by Crippen LogP contribution is -2.27. The Morgan fingerprint density at radius 2 is 1.97 bits per heavy atom. The van der Waals surface area contributed by atoms with Crippen LogP contribution in [0, 0.1) is 6.92 Å². The van der Waals surface area contributed by atoms with Gasteiger partial charge in [0.05, 0.1) is 6.42 Å². The molecule has 0 saturated carbocycles. The van der Waals surface area contributed by atoms with Crippen molar-refractivity contribution in [3.8, 4) is 0 Å². The molecule has 1 fully saturated rings. The van der Waals surface area contributed by atoms with Gasteiger partial charge < -0.3 is 5.32 Å². The Kier molecular flexibility index (Phi) is 7.42. The normalized spacial score (nSPS) is 16.1. The quantitative estimate of drug-likeness (QED) is 0.578. The summed E-state index contributed by atoms with van der Waals surface area (Å²) in [7, 11) is -3.42. The van der Waals surface area contributed by atoms with Crippen molar-refractivity contribution in [3.63, 3.8) is 0 Å². The molecule has 29 heavy (non-hydrogen) atoms. The summed E-state index contributed by atoms with van der Waals surface area (Å²) in [5, 5.41) is 3.51. The van der Waals surface area contributed by atoms with Crippen molar-refractivity contribution in [3.05, 3.63) is 40.8 Å². The second-order valence-corrected chi connectivity index (χ2v) is 12.2. The summed E-state index contributed by atoms with van der Waals surface area (Å²) in [6.45, 7) is 7.53. The fraction of sp³-hybridized carbons (Fsp3) is 0.476. The van der Waals surface area contributed by atoms with Gasteiger partial charge in [-0.3, -0.25) is 4.79 Å². The van der Waals surface area contributed by atoms with E-state index in [0.717, 1.165) is 35.4 Å². The molecule has 5 nitrogen and oxygen atoms in total. The van der Waals surface area contributed by atoms with Crippen LogP contribution in [-0.4, -0.2) is 37.0 Å². The van der Waals surface area contributed by atoms with Gasteiger partial charge in [0, 0.05) is 33.8 Å². The largest absolute Gasteiger partial charge is 0.326 e. The number of nitrogens with one attached hydrogen (secondary N) is 1. The van der Waals surface area contributed by atoms with E-state index in [-0.39, 0.29) is 12.3 Å². The Balaban J connectivity index is 1.62. The van der Waals surface area contributed by atoms with Crippen molar-refractivity contribution >= 4 is 44.7 Å². The average Bonchev–Trinajstić information content (AvgIpc) is 3.36. The number of amides is 1. The summed E-state index contributed by atoms with van der Waals surface area (Å²) in [5.74, 6) is -0.137. The lowest BCUT2D eigenvalue weighted by molar-refractivity contribution is -0.115. The molecule has 2 heterocycles. The van der Waals surface area contributed by atoms with Crippen LogP contribution in [0.4, 0.5) is 5.69 Å². The Bertz CT molecular complexity index is 963. The monoisotopic (exact) mass is 452 g/mol. The summed E-state index contributed by atoms with van der Waals surface area (Å²) >= 11 is 3.02. The lowest BCUT2D eigenvalue weighted by Gasteiger charge is -2.13. The zero-order chi connectivity index (χ0) is 21.0. The van der Waals surface area contributed by atoms with Gasteiger partial charge in [-0.2, -0.15) is 4.31 Å². The number of anilines is 1. The minimum atomic E-state index is -3.42. The zero-order valence-corrected chi connectivity index (χ0v) is 19.6. The third-order valence-corrected chi connectivity index (χ3v) is 9.73. The second kappa shape index (κ2) is 9.64. The predicted molar refractivity (Wildman–Crippen MR) is 121 cm³/mol. The smallest absolute Gasteiger partial charge is 0.252 e. The number of carbonyl (C=O) groups excluding carboxylic acids is 1. The lowest BCUT2D eigenvalue weighted by atomic mass is 10.2. The minimum absolute atomic E-state index is 0.137. The molecular formula is C21H28N2O3S3. The van der Waals surface area contributed by atoms with Gasteiger partial charge in [-0.25, -0.2) is 8.42 Å². The van der Waals surface area contributed by atoms with Gasteiger partial charge in [-0.15, -0.1) is 23.1 Å². The van der Waals surface area contributed by atoms with Crippen LogP contribution in [0.3, 0.4) is 0 Å². The molecule has 1 aliphatic rings. The summed E-state index contributed by atoms with van der Waals surface area (Å²) < 4.78 is 27.1.